The van der Waals surface area contributed by atoms with Crippen LogP contribution in [0.1, 0.15) is 37.7 Å². The zero-order valence-electron chi connectivity index (χ0n) is 9.44. The zero-order valence-corrected chi connectivity index (χ0v) is 9.44. The topological polar surface area (TPSA) is 59.6 Å². The summed E-state index contributed by atoms with van der Waals surface area (Å²) in [5.41, 5.74) is 0.151. The van der Waals surface area contributed by atoms with Crippen LogP contribution in [0, 0.1) is 0 Å². The van der Waals surface area contributed by atoms with Crippen LogP contribution in [-0.2, 0) is 9.59 Å². The number of Topliss-reactive ketones (excluding diaryl/α,β-unsaturated/α-hetero) is 2. The van der Waals surface area contributed by atoms with E-state index in [0.717, 1.165) is 19.3 Å². The van der Waals surface area contributed by atoms with Gasteiger partial charge < -0.3 is 4.42 Å². The summed E-state index contributed by atoms with van der Waals surface area (Å²) in [5.74, 6) is -0.776. The first-order valence-corrected chi connectivity index (χ1v) is 5.94. The van der Waals surface area contributed by atoms with E-state index in [4.69, 9.17) is 4.42 Å². The van der Waals surface area contributed by atoms with Gasteiger partial charge in [0.25, 0.3) is 0 Å². The molecule has 88 valence electrons. The molecule has 0 radical (unpaired) electrons. The Kier molecular flexibility index (Phi) is 2.24. The Hall–Kier alpha value is -1.71. The fraction of sp³-hybridized carbons (Fsp3) is 0.462. The number of hydrogen-bond acceptors (Lipinski definition) is 4. The molecule has 0 unspecified atom stereocenters. The van der Waals surface area contributed by atoms with E-state index in [1.807, 2.05) is 0 Å². The smallest absolute Gasteiger partial charge is 0.249 e. The van der Waals surface area contributed by atoms with Crippen LogP contribution in [0.2, 0.25) is 0 Å². The van der Waals surface area contributed by atoms with Crippen molar-refractivity contribution in [3.05, 3.63) is 24.2 Å². The molecule has 1 spiro atoms. The molecule has 2 heterocycles. The van der Waals surface area contributed by atoms with E-state index >= 15 is 0 Å². The minimum atomic E-state index is -0.748. The molecule has 0 amide bonds. The lowest BCUT2D eigenvalue weighted by Gasteiger charge is -2.27. The highest BCUT2D eigenvalue weighted by Crippen LogP contribution is 2.37. The Morgan fingerprint density at radius 1 is 1.18 bits per heavy atom. The SMILES string of the molecule is O=C1C(=O)C2(CCCCC2)N=C1c1ccoc1. The highest BCUT2D eigenvalue weighted by atomic mass is 16.3. The summed E-state index contributed by atoms with van der Waals surface area (Å²) >= 11 is 0. The third-order valence-electron chi connectivity index (χ3n) is 3.65. The van der Waals surface area contributed by atoms with E-state index in [-0.39, 0.29) is 11.5 Å². The second-order valence-corrected chi connectivity index (χ2v) is 4.72. The quantitative estimate of drug-likeness (QED) is 0.694. The van der Waals surface area contributed by atoms with Gasteiger partial charge in [-0.15, -0.1) is 0 Å². The Bertz CT molecular complexity index is 493. The van der Waals surface area contributed by atoms with Crippen LogP contribution in [0.3, 0.4) is 0 Å². The van der Waals surface area contributed by atoms with Crippen molar-refractivity contribution < 1.29 is 14.0 Å². The van der Waals surface area contributed by atoms with Gasteiger partial charge in [0.05, 0.1) is 12.5 Å². The molecule has 1 aliphatic heterocycles. The molecule has 17 heavy (non-hydrogen) atoms. The van der Waals surface area contributed by atoms with Gasteiger partial charge in [-0.1, -0.05) is 19.3 Å². The normalized spacial score (nSPS) is 23.2. The van der Waals surface area contributed by atoms with E-state index in [9.17, 15) is 9.59 Å². The number of rotatable bonds is 1. The van der Waals surface area contributed by atoms with Crippen molar-refractivity contribution in [1.82, 2.24) is 0 Å². The lowest BCUT2D eigenvalue weighted by Crippen LogP contribution is -2.38. The molecule has 1 saturated carbocycles. The van der Waals surface area contributed by atoms with Crippen LogP contribution in [-0.4, -0.2) is 22.8 Å². The highest BCUT2D eigenvalue weighted by Gasteiger charge is 2.49. The number of nitrogens with zero attached hydrogens (tertiary/aromatic N) is 1. The first kappa shape index (κ1) is 10.4. The van der Waals surface area contributed by atoms with Gasteiger partial charge in [-0.2, -0.15) is 0 Å². The van der Waals surface area contributed by atoms with Crippen LogP contribution >= 0.6 is 0 Å². The van der Waals surface area contributed by atoms with Gasteiger partial charge >= 0.3 is 0 Å². The summed E-state index contributed by atoms with van der Waals surface area (Å²) in [6.07, 6.45) is 7.44. The van der Waals surface area contributed by atoms with Gasteiger partial charge in [0.15, 0.2) is 0 Å². The molecule has 1 aliphatic carbocycles. The minimum Gasteiger partial charge on any atom is -0.472 e. The number of carbonyl (C=O) groups is 2. The van der Waals surface area contributed by atoms with Gasteiger partial charge in [0, 0.05) is 5.56 Å². The first-order valence-electron chi connectivity index (χ1n) is 5.94. The molecule has 4 heteroatoms. The predicted octanol–water partition coefficient (Wildman–Crippen LogP) is 1.92. The molecular formula is C13H13NO3. The molecule has 2 aliphatic rings. The summed E-state index contributed by atoms with van der Waals surface area (Å²) in [6, 6.07) is 1.67. The summed E-state index contributed by atoms with van der Waals surface area (Å²) in [4.78, 5) is 28.5. The van der Waals surface area contributed by atoms with E-state index in [1.165, 1.54) is 12.5 Å². The first-order chi connectivity index (χ1) is 8.23. The van der Waals surface area contributed by atoms with Crippen molar-refractivity contribution in [3.8, 4) is 0 Å². The van der Waals surface area contributed by atoms with Crippen molar-refractivity contribution in [3.63, 3.8) is 0 Å². The number of ketones is 2. The lowest BCUT2D eigenvalue weighted by atomic mass is 9.79. The van der Waals surface area contributed by atoms with Crippen molar-refractivity contribution in [2.24, 2.45) is 4.99 Å². The molecular weight excluding hydrogens is 218 g/mol. The minimum absolute atomic E-state index is 0.283. The van der Waals surface area contributed by atoms with Gasteiger partial charge in [-0.3, -0.25) is 14.6 Å². The average Bonchev–Trinajstić information content (AvgIpc) is 2.95. The average molecular weight is 231 g/mol. The Morgan fingerprint density at radius 3 is 2.59 bits per heavy atom. The molecule has 0 N–H and O–H groups in total. The maximum Gasteiger partial charge on any atom is 0.249 e. The number of aliphatic imine (C=N–C) groups is 1. The van der Waals surface area contributed by atoms with E-state index in [0.29, 0.717) is 18.4 Å². The van der Waals surface area contributed by atoms with Gasteiger partial charge in [0.1, 0.15) is 11.3 Å². The monoisotopic (exact) mass is 231 g/mol. The van der Waals surface area contributed by atoms with E-state index < -0.39 is 11.3 Å². The van der Waals surface area contributed by atoms with Gasteiger partial charge in [-0.05, 0) is 18.9 Å². The lowest BCUT2D eigenvalue weighted by molar-refractivity contribution is -0.135. The largest absolute Gasteiger partial charge is 0.472 e. The zero-order chi connectivity index (χ0) is 11.9. The third kappa shape index (κ3) is 1.47. The standard InChI is InChI=1S/C13H13NO3/c15-11-10(9-4-7-17-8-9)14-13(12(11)16)5-2-1-3-6-13/h4,7-8H,1-3,5-6H2. The molecule has 1 fully saturated rings. The Labute approximate surface area is 98.7 Å². The van der Waals surface area contributed by atoms with Crippen LogP contribution in [0.15, 0.2) is 28.0 Å². The molecule has 1 aromatic heterocycles. The van der Waals surface area contributed by atoms with E-state index in [1.54, 1.807) is 6.07 Å². The fourth-order valence-electron chi connectivity index (χ4n) is 2.70. The number of carbonyl (C=O) groups excluding carboxylic acids is 2. The van der Waals surface area contributed by atoms with E-state index in [2.05, 4.69) is 4.99 Å². The van der Waals surface area contributed by atoms with Crippen molar-refractivity contribution in [2.75, 3.05) is 0 Å². The molecule has 0 aromatic carbocycles. The van der Waals surface area contributed by atoms with Gasteiger partial charge in [0.2, 0.25) is 11.6 Å². The third-order valence-corrected chi connectivity index (χ3v) is 3.65. The fourth-order valence-corrected chi connectivity index (χ4v) is 2.70. The van der Waals surface area contributed by atoms with Crippen molar-refractivity contribution >= 4 is 17.3 Å². The summed E-state index contributed by atoms with van der Waals surface area (Å²) in [6.45, 7) is 0. The van der Waals surface area contributed by atoms with Gasteiger partial charge in [-0.25, -0.2) is 0 Å². The molecule has 3 rings (SSSR count). The van der Waals surface area contributed by atoms with Crippen LogP contribution < -0.4 is 0 Å². The number of furan rings is 1. The Balaban J connectivity index is 2.03. The number of hydrogen-bond donors (Lipinski definition) is 0. The Morgan fingerprint density at radius 2 is 1.94 bits per heavy atom. The molecule has 4 nitrogen and oxygen atoms in total. The molecule has 0 bridgehead atoms. The summed E-state index contributed by atoms with van der Waals surface area (Å²) in [7, 11) is 0. The van der Waals surface area contributed by atoms with Crippen LogP contribution in [0.25, 0.3) is 0 Å². The van der Waals surface area contributed by atoms with Crippen LogP contribution in [0.5, 0.6) is 0 Å². The second-order valence-electron chi connectivity index (χ2n) is 4.72. The molecule has 0 atom stereocenters. The van der Waals surface area contributed by atoms with Crippen LogP contribution in [0.4, 0.5) is 0 Å². The summed E-state index contributed by atoms with van der Waals surface area (Å²) < 4.78 is 4.94. The summed E-state index contributed by atoms with van der Waals surface area (Å²) in [5, 5.41) is 0. The maximum atomic E-state index is 12.1. The second kappa shape index (κ2) is 3.65. The van der Waals surface area contributed by atoms with Crippen molar-refractivity contribution in [2.45, 2.75) is 37.6 Å². The predicted molar refractivity (Wildman–Crippen MR) is 61.1 cm³/mol. The van der Waals surface area contributed by atoms with Crippen molar-refractivity contribution in [1.29, 1.82) is 0 Å². The molecule has 1 aromatic rings. The maximum absolute atomic E-state index is 12.1. The molecule has 0 saturated heterocycles. The highest BCUT2D eigenvalue weighted by molar-refractivity contribution is 6.72.